The number of carbonyl (C=O) groups is 1. The van der Waals surface area contributed by atoms with Crippen molar-refractivity contribution in [1.29, 1.82) is 0 Å². The summed E-state index contributed by atoms with van der Waals surface area (Å²) in [6.07, 6.45) is 4.78. The SMILES string of the molecule is CCCC1CCCN(C(=O)c2ccccc2N)C1. The lowest BCUT2D eigenvalue weighted by Gasteiger charge is -2.33. The van der Waals surface area contributed by atoms with Gasteiger partial charge in [-0.3, -0.25) is 4.79 Å². The summed E-state index contributed by atoms with van der Waals surface area (Å²) in [4.78, 5) is 14.4. The smallest absolute Gasteiger partial charge is 0.255 e. The van der Waals surface area contributed by atoms with Crippen molar-refractivity contribution in [2.24, 2.45) is 5.92 Å². The Morgan fingerprint density at radius 1 is 1.44 bits per heavy atom. The van der Waals surface area contributed by atoms with Gasteiger partial charge in [0.15, 0.2) is 0 Å². The molecule has 0 aliphatic carbocycles. The van der Waals surface area contributed by atoms with E-state index in [1.165, 1.54) is 19.3 Å². The molecule has 1 aromatic carbocycles. The minimum atomic E-state index is 0.0916. The number of nitrogen functional groups attached to an aromatic ring is 1. The van der Waals surface area contributed by atoms with Gasteiger partial charge >= 0.3 is 0 Å². The summed E-state index contributed by atoms with van der Waals surface area (Å²) in [6, 6.07) is 7.35. The monoisotopic (exact) mass is 246 g/mol. The van der Waals surface area contributed by atoms with E-state index in [9.17, 15) is 4.79 Å². The second kappa shape index (κ2) is 5.89. The van der Waals surface area contributed by atoms with Crippen molar-refractivity contribution >= 4 is 11.6 Å². The fourth-order valence-electron chi connectivity index (χ4n) is 2.76. The predicted molar refractivity (Wildman–Crippen MR) is 74.4 cm³/mol. The minimum Gasteiger partial charge on any atom is -0.398 e. The molecule has 1 amide bonds. The highest BCUT2D eigenvalue weighted by atomic mass is 16.2. The zero-order chi connectivity index (χ0) is 13.0. The van der Waals surface area contributed by atoms with Crippen molar-refractivity contribution in [3.8, 4) is 0 Å². The average Bonchev–Trinajstić information content (AvgIpc) is 2.39. The van der Waals surface area contributed by atoms with Crippen LogP contribution in [-0.2, 0) is 0 Å². The number of nitrogens with two attached hydrogens (primary N) is 1. The van der Waals surface area contributed by atoms with E-state index in [1.54, 1.807) is 6.07 Å². The molecule has 18 heavy (non-hydrogen) atoms. The van der Waals surface area contributed by atoms with Gasteiger partial charge in [-0.25, -0.2) is 0 Å². The average molecular weight is 246 g/mol. The van der Waals surface area contributed by atoms with E-state index in [-0.39, 0.29) is 5.91 Å². The Balaban J connectivity index is 2.07. The number of para-hydroxylation sites is 1. The van der Waals surface area contributed by atoms with Crippen molar-refractivity contribution in [3.05, 3.63) is 29.8 Å². The number of hydrogen-bond acceptors (Lipinski definition) is 2. The summed E-state index contributed by atoms with van der Waals surface area (Å²) in [5.74, 6) is 0.756. The van der Waals surface area contributed by atoms with Gasteiger partial charge in [0.2, 0.25) is 0 Å². The van der Waals surface area contributed by atoms with Gasteiger partial charge in [0.05, 0.1) is 5.56 Å². The van der Waals surface area contributed by atoms with Crippen LogP contribution in [0.2, 0.25) is 0 Å². The maximum absolute atomic E-state index is 12.4. The Labute approximate surface area is 109 Å². The molecule has 98 valence electrons. The molecule has 0 saturated carbocycles. The van der Waals surface area contributed by atoms with Crippen LogP contribution in [0.1, 0.15) is 43.0 Å². The fourth-order valence-corrected chi connectivity index (χ4v) is 2.76. The number of amides is 1. The van der Waals surface area contributed by atoms with Crippen LogP contribution in [0.15, 0.2) is 24.3 Å². The third-order valence-corrected chi connectivity index (χ3v) is 3.69. The molecule has 1 heterocycles. The van der Waals surface area contributed by atoms with Crippen LogP contribution in [0.5, 0.6) is 0 Å². The molecule has 1 saturated heterocycles. The van der Waals surface area contributed by atoms with Gasteiger partial charge in [0, 0.05) is 18.8 Å². The lowest BCUT2D eigenvalue weighted by atomic mass is 9.93. The topological polar surface area (TPSA) is 46.3 Å². The number of rotatable bonds is 3. The van der Waals surface area contributed by atoms with Crippen LogP contribution in [0, 0.1) is 5.92 Å². The lowest BCUT2D eigenvalue weighted by Crippen LogP contribution is -2.40. The number of anilines is 1. The maximum Gasteiger partial charge on any atom is 0.255 e. The lowest BCUT2D eigenvalue weighted by molar-refractivity contribution is 0.0668. The Morgan fingerprint density at radius 2 is 2.22 bits per heavy atom. The molecule has 1 unspecified atom stereocenters. The van der Waals surface area contributed by atoms with Crippen molar-refractivity contribution < 1.29 is 4.79 Å². The summed E-state index contributed by atoms with van der Waals surface area (Å²) in [6.45, 7) is 3.96. The largest absolute Gasteiger partial charge is 0.398 e. The number of piperidine rings is 1. The molecule has 3 heteroatoms. The van der Waals surface area contributed by atoms with E-state index in [4.69, 9.17) is 5.73 Å². The quantitative estimate of drug-likeness (QED) is 0.833. The summed E-state index contributed by atoms with van der Waals surface area (Å²) in [7, 11) is 0. The Hall–Kier alpha value is -1.51. The van der Waals surface area contributed by atoms with Gasteiger partial charge in [-0.05, 0) is 37.3 Å². The van der Waals surface area contributed by atoms with Crippen molar-refractivity contribution in [1.82, 2.24) is 4.90 Å². The number of likely N-dealkylation sites (tertiary alicyclic amines) is 1. The van der Waals surface area contributed by atoms with Crippen molar-refractivity contribution in [3.63, 3.8) is 0 Å². The van der Waals surface area contributed by atoms with Gasteiger partial charge < -0.3 is 10.6 Å². The first-order valence-corrected chi connectivity index (χ1v) is 6.86. The third-order valence-electron chi connectivity index (χ3n) is 3.69. The van der Waals surface area contributed by atoms with Gasteiger partial charge in [-0.15, -0.1) is 0 Å². The maximum atomic E-state index is 12.4. The number of carbonyl (C=O) groups excluding carboxylic acids is 1. The van der Waals surface area contributed by atoms with Gasteiger partial charge in [0.1, 0.15) is 0 Å². The molecule has 0 aromatic heterocycles. The van der Waals surface area contributed by atoms with Gasteiger partial charge in [0.25, 0.3) is 5.91 Å². The molecule has 3 nitrogen and oxygen atoms in total. The fraction of sp³-hybridized carbons (Fsp3) is 0.533. The summed E-state index contributed by atoms with van der Waals surface area (Å²) in [5.41, 5.74) is 7.11. The Kier molecular flexibility index (Phi) is 4.24. The first-order chi connectivity index (χ1) is 8.72. The molecule has 0 spiro atoms. The van der Waals surface area contributed by atoms with Crippen LogP contribution in [0.25, 0.3) is 0 Å². The second-order valence-electron chi connectivity index (χ2n) is 5.14. The number of nitrogens with zero attached hydrogens (tertiary/aromatic N) is 1. The number of benzene rings is 1. The van der Waals surface area contributed by atoms with Crippen LogP contribution in [0.3, 0.4) is 0 Å². The molecule has 2 N–H and O–H groups in total. The highest BCUT2D eigenvalue weighted by Crippen LogP contribution is 2.23. The normalized spacial score (nSPS) is 19.8. The van der Waals surface area contributed by atoms with Gasteiger partial charge in [-0.2, -0.15) is 0 Å². The van der Waals surface area contributed by atoms with E-state index in [0.29, 0.717) is 17.2 Å². The van der Waals surface area contributed by atoms with E-state index < -0.39 is 0 Å². The van der Waals surface area contributed by atoms with Crippen LogP contribution >= 0.6 is 0 Å². The second-order valence-corrected chi connectivity index (χ2v) is 5.14. The minimum absolute atomic E-state index is 0.0916. The molecule has 1 atom stereocenters. The highest BCUT2D eigenvalue weighted by Gasteiger charge is 2.24. The van der Waals surface area contributed by atoms with E-state index >= 15 is 0 Å². The standard InChI is InChI=1S/C15H22N2O/c1-2-6-12-7-5-10-17(11-12)15(18)13-8-3-4-9-14(13)16/h3-4,8-9,12H,2,5-7,10-11,16H2,1H3. The molecule has 1 aliphatic rings. The van der Waals surface area contributed by atoms with E-state index in [0.717, 1.165) is 19.5 Å². The molecular weight excluding hydrogens is 224 g/mol. The zero-order valence-corrected chi connectivity index (χ0v) is 11.1. The summed E-state index contributed by atoms with van der Waals surface area (Å²) >= 11 is 0. The first-order valence-electron chi connectivity index (χ1n) is 6.86. The predicted octanol–water partition coefficient (Wildman–Crippen LogP) is 2.92. The van der Waals surface area contributed by atoms with E-state index in [2.05, 4.69) is 6.92 Å². The molecule has 0 radical (unpaired) electrons. The van der Waals surface area contributed by atoms with E-state index in [1.807, 2.05) is 23.1 Å². The molecular formula is C15H22N2O. The van der Waals surface area contributed by atoms with Crippen LogP contribution in [-0.4, -0.2) is 23.9 Å². The summed E-state index contributed by atoms with van der Waals surface area (Å²) < 4.78 is 0. The van der Waals surface area contributed by atoms with Gasteiger partial charge in [-0.1, -0.05) is 25.5 Å². The third kappa shape index (κ3) is 2.84. The van der Waals surface area contributed by atoms with Crippen LogP contribution < -0.4 is 5.73 Å². The number of hydrogen-bond donors (Lipinski definition) is 1. The highest BCUT2D eigenvalue weighted by molar-refractivity contribution is 5.99. The molecule has 1 aromatic rings. The first kappa shape index (κ1) is 12.9. The molecule has 1 fully saturated rings. The zero-order valence-electron chi connectivity index (χ0n) is 11.1. The molecule has 1 aliphatic heterocycles. The Bertz CT molecular complexity index is 415. The van der Waals surface area contributed by atoms with Crippen LogP contribution in [0.4, 0.5) is 5.69 Å². The van der Waals surface area contributed by atoms with Crippen molar-refractivity contribution in [2.45, 2.75) is 32.6 Å². The van der Waals surface area contributed by atoms with Crippen molar-refractivity contribution in [2.75, 3.05) is 18.8 Å². The molecule has 2 rings (SSSR count). The molecule has 0 bridgehead atoms. The Morgan fingerprint density at radius 3 is 2.94 bits per heavy atom. The summed E-state index contributed by atoms with van der Waals surface area (Å²) in [5, 5.41) is 0.